The average molecular weight is 451 g/mol. The van der Waals surface area contributed by atoms with Crippen LogP contribution < -0.4 is 11.1 Å². The summed E-state index contributed by atoms with van der Waals surface area (Å²) in [6.45, 7) is 2.31. The maximum absolute atomic E-state index is 14.5. The standard InChI is InChI=1S/C24H20F3N5O/c1-2-32-14-18(22(31-32)16-10-12-29-13-11-16)20-17(15-6-4-3-5-7-15)8-9-19(30-23(28)33)21(20)24(25,26)27/h3-14H,2H2,1H3,(H3,28,30,33). The van der Waals surface area contributed by atoms with Crippen molar-refractivity contribution in [2.24, 2.45) is 5.73 Å². The second kappa shape index (κ2) is 8.78. The van der Waals surface area contributed by atoms with E-state index in [1.165, 1.54) is 6.07 Å². The molecule has 0 aliphatic carbocycles. The predicted molar refractivity (Wildman–Crippen MR) is 120 cm³/mol. The van der Waals surface area contributed by atoms with Gasteiger partial charge >= 0.3 is 12.2 Å². The molecule has 0 fully saturated rings. The lowest BCUT2D eigenvalue weighted by Gasteiger charge is -2.21. The molecule has 0 saturated heterocycles. The Labute approximate surface area is 187 Å². The van der Waals surface area contributed by atoms with Gasteiger partial charge in [-0.25, -0.2) is 4.79 Å². The molecule has 2 aromatic carbocycles. The first-order valence-electron chi connectivity index (χ1n) is 10.1. The van der Waals surface area contributed by atoms with Crippen molar-refractivity contribution in [2.75, 3.05) is 5.32 Å². The number of nitrogens with two attached hydrogens (primary N) is 1. The average Bonchev–Trinajstić information content (AvgIpc) is 3.23. The number of halogens is 3. The first-order chi connectivity index (χ1) is 15.8. The molecule has 0 saturated carbocycles. The van der Waals surface area contributed by atoms with E-state index in [1.54, 1.807) is 71.8 Å². The van der Waals surface area contributed by atoms with Gasteiger partial charge in [-0.3, -0.25) is 9.67 Å². The Hall–Kier alpha value is -4.14. The Morgan fingerprint density at radius 1 is 1.00 bits per heavy atom. The molecular weight excluding hydrogens is 431 g/mol. The molecule has 0 radical (unpaired) electrons. The molecule has 33 heavy (non-hydrogen) atoms. The minimum Gasteiger partial charge on any atom is -0.351 e. The lowest BCUT2D eigenvalue weighted by Crippen LogP contribution is -2.22. The van der Waals surface area contributed by atoms with Gasteiger partial charge in [-0.05, 0) is 36.2 Å². The van der Waals surface area contributed by atoms with Gasteiger partial charge in [0, 0.05) is 41.8 Å². The third-order valence-corrected chi connectivity index (χ3v) is 5.14. The van der Waals surface area contributed by atoms with Gasteiger partial charge in [0.05, 0.1) is 11.3 Å². The second-order valence-electron chi connectivity index (χ2n) is 7.25. The molecule has 3 N–H and O–H groups in total. The lowest BCUT2D eigenvalue weighted by atomic mass is 9.88. The van der Waals surface area contributed by atoms with Crippen molar-refractivity contribution in [1.29, 1.82) is 0 Å². The molecule has 2 heterocycles. The first-order valence-corrected chi connectivity index (χ1v) is 10.1. The molecule has 9 heteroatoms. The minimum absolute atomic E-state index is 0.0912. The van der Waals surface area contributed by atoms with Crippen LogP contribution in [0.3, 0.4) is 0 Å². The number of carbonyl (C=O) groups excluding carboxylic acids is 1. The van der Waals surface area contributed by atoms with Crippen molar-refractivity contribution < 1.29 is 18.0 Å². The molecule has 0 atom stereocenters. The Kier molecular flexibility index (Phi) is 5.87. The van der Waals surface area contributed by atoms with Crippen molar-refractivity contribution in [3.63, 3.8) is 0 Å². The van der Waals surface area contributed by atoms with Crippen LogP contribution in [0, 0.1) is 0 Å². The Balaban J connectivity index is 2.13. The Bertz CT molecular complexity index is 1280. The van der Waals surface area contributed by atoms with Crippen molar-refractivity contribution in [2.45, 2.75) is 19.6 Å². The summed E-state index contributed by atoms with van der Waals surface area (Å²) in [6, 6.07) is 13.8. The van der Waals surface area contributed by atoms with E-state index in [0.29, 0.717) is 28.9 Å². The zero-order valence-electron chi connectivity index (χ0n) is 17.6. The number of nitrogens with one attached hydrogen (secondary N) is 1. The lowest BCUT2D eigenvalue weighted by molar-refractivity contribution is -0.136. The number of benzene rings is 2. The second-order valence-corrected chi connectivity index (χ2v) is 7.25. The largest absolute Gasteiger partial charge is 0.419 e. The number of primary amides is 1. The van der Waals surface area contributed by atoms with E-state index in [1.807, 2.05) is 6.92 Å². The summed E-state index contributed by atoms with van der Waals surface area (Å²) in [7, 11) is 0. The SMILES string of the molecule is CCn1cc(-c2c(-c3ccccc3)ccc(NC(N)=O)c2C(F)(F)F)c(-c2ccncc2)n1. The van der Waals surface area contributed by atoms with E-state index in [9.17, 15) is 18.0 Å². The molecule has 2 amide bonds. The van der Waals surface area contributed by atoms with E-state index < -0.39 is 23.5 Å². The van der Waals surface area contributed by atoms with Gasteiger partial charge in [0.1, 0.15) is 5.69 Å². The van der Waals surface area contributed by atoms with E-state index >= 15 is 0 Å². The smallest absolute Gasteiger partial charge is 0.351 e. The van der Waals surface area contributed by atoms with Crippen LogP contribution in [0.4, 0.5) is 23.7 Å². The fourth-order valence-corrected chi connectivity index (χ4v) is 3.76. The van der Waals surface area contributed by atoms with Crippen molar-refractivity contribution in [3.05, 3.63) is 78.8 Å². The zero-order chi connectivity index (χ0) is 23.6. The highest BCUT2D eigenvalue weighted by atomic mass is 19.4. The molecule has 2 aromatic heterocycles. The van der Waals surface area contributed by atoms with Crippen molar-refractivity contribution in [3.8, 4) is 33.5 Å². The number of hydrogen-bond donors (Lipinski definition) is 2. The third-order valence-electron chi connectivity index (χ3n) is 5.14. The topological polar surface area (TPSA) is 85.8 Å². The number of pyridine rings is 1. The van der Waals surface area contributed by atoms with Crippen LogP contribution in [0.2, 0.25) is 0 Å². The van der Waals surface area contributed by atoms with Gasteiger partial charge in [0.15, 0.2) is 0 Å². The summed E-state index contributed by atoms with van der Waals surface area (Å²) in [6.07, 6.45) is -0.0988. The summed E-state index contributed by atoms with van der Waals surface area (Å²) in [5.74, 6) is 0. The van der Waals surface area contributed by atoms with Gasteiger partial charge in [-0.15, -0.1) is 0 Å². The number of hydrogen-bond acceptors (Lipinski definition) is 3. The molecule has 4 aromatic rings. The summed E-state index contributed by atoms with van der Waals surface area (Å²) in [5.41, 5.74) is 5.89. The first kappa shape index (κ1) is 22.1. The number of nitrogens with zero attached hydrogens (tertiary/aromatic N) is 3. The normalized spacial score (nSPS) is 11.4. The van der Waals surface area contributed by atoms with Crippen molar-refractivity contribution >= 4 is 11.7 Å². The number of anilines is 1. The number of urea groups is 1. The third kappa shape index (κ3) is 4.43. The summed E-state index contributed by atoms with van der Waals surface area (Å²) in [5, 5.41) is 6.66. The van der Waals surface area contributed by atoms with Gasteiger partial charge in [0.2, 0.25) is 0 Å². The van der Waals surface area contributed by atoms with E-state index in [-0.39, 0.29) is 11.1 Å². The van der Waals surface area contributed by atoms with Crippen LogP contribution in [0.25, 0.3) is 33.5 Å². The molecule has 0 spiro atoms. The van der Waals surface area contributed by atoms with Crippen LogP contribution in [0.1, 0.15) is 12.5 Å². The molecule has 0 aliphatic heterocycles. The van der Waals surface area contributed by atoms with E-state index in [4.69, 9.17) is 5.73 Å². The molecule has 4 rings (SSSR count). The fourth-order valence-electron chi connectivity index (χ4n) is 3.76. The number of carbonyl (C=O) groups is 1. The Morgan fingerprint density at radius 3 is 2.30 bits per heavy atom. The van der Waals surface area contributed by atoms with Gasteiger partial charge in [-0.2, -0.15) is 18.3 Å². The number of aromatic nitrogens is 3. The van der Waals surface area contributed by atoms with Crippen molar-refractivity contribution in [1.82, 2.24) is 14.8 Å². The van der Waals surface area contributed by atoms with Gasteiger partial charge < -0.3 is 11.1 Å². The monoisotopic (exact) mass is 451 g/mol. The highest BCUT2D eigenvalue weighted by Crippen LogP contribution is 2.48. The molecule has 168 valence electrons. The number of alkyl halides is 3. The Morgan fingerprint density at radius 2 is 1.70 bits per heavy atom. The summed E-state index contributed by atoms with van der Waals surface area (Å²) in [4.78, 5) is 15.5. The van der Waals surface area contributed by atoms with Crippen LogP contribution >= 0.6 is 0 Å². The molecule has 6 nitrogen and oxygen atoms in total. The van der Waals surface area contributed by atoms with Gasteiger partial charge in [-0.1, -0.05) is 36.4 Å². The van der Waals surface area contributed by atoms with E-state index in [2.05, 4.69) is 15.4 Å². The molecule has 0 aliphatic rings. The molecular formula is C24H20F3N5O. The van der Waals surface area contributed by atoms with Crippen LogP contribution in [0.5, 0.6) is 0 Å². The zero-order valence-corrected chi connectivity index (χ0v) is 17.6. The van der Waals surface area contributed by atoms with Crippen LogP contribution in [-0.4, -0.2) is 20.8 Å². The van der Waals surface area contributed by atoms with Gasteiger partial charge in [0.25, 0.3) is 0 Å². The molecule has 0 unspecified atom stereocenters. The number of aryl methyl sites for hydroxylation is 1. The quantitative estimate of drug-likeness (QED) is 0.402. The maximum atomic E-state index is 14.5. The minimum atomic E-state index is -4.79. The highest BCUT2D eigenvalue weighted by Gasteiger charge is 2.39. The number of rotatable bonds is 5. The maximum Gasteiger partial charge on any atom is 0.419 e. The van der Waals surface area contributed by atoms with Crippen LogP contribution in [0.15, 0.2) is 73.2 Å². The number of amides is 2. The predicted octanol–water partition coefficient (Wildman–Crippen LogP) is 5.81. The summed E-state index contributed by atoms with van der Waals surface area (Å²) < 4.78 is 45.2. The van der Waals surface area contributed by atoms with E-state index in [0.717, 1.165) is 0 Å². The molecule has 0 bridgehead atoms. The highest BCUT2D eigenvalue weighted by molar-refractivity contribution is 5.97. The summed E-state index contributed by atoms with van der Waals surface area (Å²) >= 11 is 0. The van der Waals surface area contributed by atoms with Crippen LogP contribution in [-0.2, 0) is 12.7 Å². The fraction of sp³-hybridized carbons (Fsp3) is 0.125.